The first kappa shape index (κ1) is 16.2. The molecule has 1 aromatic heterocycles. The van der Waals surface area contributed by atoms with Crippen molar-refractivity contribution in [1.82, 2.24) is 5.43 Å². The van der Waals surface area contributed by atoms with Crippen LogP contribution in [0.1, 0.15) is 20.8 Å². The van der Waals surface area contributed by atoms with Crippen molar-refractivity contribution in [1.29, 1.82) is 0 Å². The summed E-state index contributed by atoms with van der Waals surface area (Å²) in [5, 5.41) is 5.35. The molecule has 0 saturated carbocycles. The van der Waals surface area contributed by atoms with Crippen LogP contribution in [0.2, 0.25) is 5.02 Å². The number of halogens is 2. The third-order valence-corrected chi connectivity index (χ3v) is 5.43. The summed E-state index contributed by atoms with van der Waals surface area (Å²) >= 11 is 11.1. The molecule has 3 aromatic rings. The van der Waals surface area contributed by atoms with Crippen LogP contribution < -0.4 is 5.43 Å². The predicted molar refractivity (Wildman–Crippen MR) is 101 cm³/mol. The number of nitrogens with one attached hydrogen (secondary N) is 1. The molecule has 0 aliphatic rings. The largest absolute Gasteiger partial charge is 0.283 e. The van der Waals surface area contributed by atoms with E-state index in [4.69, 9.17) is 11.6 Å². The zero-order valence-corrected chi connectivity index (χ0v) is 15.3. The number of benzene rings is 2. The van der Waals surface area contributed by atoms with Crippen molar-refractivity contribution in [2.75, 3.05) is 0 Å². The second-order valence-electron chi connectivity index (χ2n) is 5.00. The van der Waals surface area contributed by atoms with Crippen LogP contribution in [0.3, 0.4) is 0 Å². The van der Waals surface area contributed by atoms with Gasteiger partial charge in [-0.3, -0.25) is 4.79 Å². The number of hydrogen-bond donors (Lipinski definition) is 1. The molecular formula is C17H12BrClN2OS. The number of aryl methyl sites for hydroxylation is 1. The Morgan fingerprint density at radius 1 is 1.26 bits per heavy atom. The number of carbonyl (C=O) groups is 1. The molecule has 2 aromatic carbocycles. The van der Waals surface area contributed by atoms with E-state index in [1.807, 2.05) is 49.4 Å². The van der Waals surface area contributed by atoms with E-state index < -0.39 is 0 Å². The van der Waals surface area contributed by atoms with Gasteiger partial charge in [0.05, 0.1) is 11.2 Å². The maximum absolute atomic E-state index is 12.3. The average molecular weight is 408 g/mol. The third-order valence-electron chi connectivity index (χ3n) is 3.24. The summed E-state index contributed by atoms with van der Waals surface area (Å²) in [5.74, 6) is -0.304. The maximum Gasteiger partial charge on any atom is 0.283 e. The molecule has 0 bridgehead atoms. The van der Waals surface area contributed by atoms with E-state index in [9.17, 15) is 4.79 Å². The van der Waals surface area contributed by atoms with Gasteiger partial charge in [-0.15, -0.1) is 11.3 Å². The topological polar surface area (TPSA) is 41.5 Å². The van der Waals surface area contributed by atoms with E-state index >= 15 is 0 Å². The molecule has 1 amide bonds. The van der Waals surface area contributed by atoms with E-state index in [2.05, 4.69) is 26.5 Å². The van der Waals surface area contributed by atoms with Gasteiger partial charge < -0.3 is 0 Å². The highest BCUT2D eigenvalue weighted by molar-refractivity contribution is 9.10. The Morgan fingerprint density at radius 2 is 2.00 bits per heavy atom. The zero-order chi connectivity index (χ0) is 16.4. The molecule has 0 fully saturated rings. The van der Waals surface area contributed by atoms with E-state index in [1.165, 1.54) is 11.3 Å². The Hall–Kier alpha value is -1.69. The fourth-order valence-electron chi connectivity index (χ4n) is 2.08. The van der Waals surface area contributed by atoms with E-state index in [-0.39, 0.29) is 5.91 Å². The first-order chi connectivity index (χ1) is 11.0. The molecule has 1 N–H and O–H groups in total. The van der Waals surface area contributed by atoms with Gasteiger partial charge in [-0.2, -0.15) is 5.10 Å². The first-order valence-electron chi connectivity index (χ1n) is 6.82. The highest BCUT2D eigenvalue weighted by Gasteiger charge is 2.16. The summed E-state index contributed by atoms with van der Waals surface area (Å²) < 4.78 is 1.99. The summed E-state index contributed by atoms with van der Waals surface area (Å²) in [4.78, 5) is 12.7. The van der Waals surface area contributed by atoms with Gasteiger partial charge in [-0.25, -0.2) is 5.43 Å². The molecule has 0 spiro atoms. The number of thiophene rings is 1. The monoisotopic (exact) mass is 406 g/mol. The minimum Gasteiger partial charge on any atom is -0.266 e. The van der Waals surface area contributed by atoms with Gasteiger partial charge in [0.1, 0.15) is 4.88 Å². The molecule has 0 aliphatic heterocycles. The van der Waals surface area contributed by atoms with Gasteiger partial charge in [0.15, 0.2) is 0 Å². The Balaban J connectivity index is 1.78. The zero-order valence-electron chi connectivity index (χ0n) is 12.1. The maximum atomic E-state index is 12.3. The van der Waals surface area contributed by atoms with Crippen LogP contribution >= 0.6 is 38.9 Å². The van der Waals surface area contributed by atoms with Gasteiger partial charge in [0, 0.05) is 14.6 Å². The molecule has 0 radical (unpaired) electrons. The summed E-state index contributed by atoms with van der Waals surface area (Å²) in [5.41, 5.74) is 4.55. The van der Waals surface area contributed by atoms with Gasteiger partial charge in [-0.1, -0.05) is 51.8 Å². The number of rotatable bonds is 3. The molecule has 6 heteroatoms. The Morgan fingerprint density at radius 3 is 2.74 bits per heavy atom. The van der Waals surface area contributed by atoms with E-state index in [0.717, 1.165) is 25.7 Å². The highest BCUT2D eigenvalue weighted by Crippen LogP contribution is 2.35. The lowest BCUT2D eigenvalue weighted by molar-refractivity contribution is 0.0959. The fourth-order valence-corrected chi connectivity index (χ4v) is 3.85. The molecule has 3 nitrogen and oxygen atoms in total. The molecule has 0 aliphatic carbocycles. The van der Waals surface area contributed by atoms with Crippen molar-refractivity contribution in [2.45, 2.75) is 6.92 Å². The Bertz CT molecular complexity index is 903. The number of carbonyl (C=O) groups excluding carboxylic acids is 1. The second-order valence-corrected chi connectivity index (χ2v) is 7.34. The van der Waals surface area contributed by atoms with Crippen LogP contribution in [0.5, 0.6) is 0 Å². The van der Waals surface area contributed by atoms with Crippen molar-refractivity contribution in [2.24, 2.45) is 5.10 Å². The quantitative estimate of drug-likeness (QED) is 0.459. The lowest BCUT2D eigenvalue weighted by Gasteiger charge is -1.97. The number of hydrogen-bond acceptors (Lipinski definition) is 3. The Labute approximate surface area is 151 Å². The molecule has 0 saturated heterocycles. The summed E-state index contributed by atoms with van der Waals surface area (Å²) in [7, 11) is 0. The van der Waals surface area contributed by atoms with Crippen LogP contribution in [0.4, 0.5) is 0 Å². The van der Waals surface area contributed by atoms with Crippen LogP contribution in [0, 0.1) is 6.92 Å². The molecular weight excluding hydrogens is 396 g/mol. The van der Waals surface area contributed by atoms with Gasteiger partial charge in [0.25, 0.3) is 5.91 Å². The van der Waals surface area contributed by atoms with E-state index in [0.29, 0.717) is 9.90 Å². The average Bonchev–Trinajstić information content (AvgIpc) is 2.85. The SMILES string of the molecule is Cc1ccc2c(Cl)c(C(=O)N/N=C\c3ccc(Br)cc3)sc2c1. The Kier molecular flexibility index (Phi) is 4.80. The first-order valence-corrected chi connectivity index (χ1v) is 8.81. The van der Waals surface area contributed by atoms with Crippen LogP contribution in [-0.2, 0) is 0 Å². The van der Waals surface area contributed by atoms with Gasteiger partial charge >= 0.3 is 0 Å². The minimum absolute atomic E-state index is 0.304. The van der Waals surface area contributed by atoms with Crippen LogP contribution in [0.25, 0.3) is 10.1 Å². The lowest BCUT2D eigenvalue weighted by atomic mass is 10.2. The molecule has 23 heavy (non-hydrogen) atoms. The molecule has 0 atom stereocenters. The van der Waals surface area contributed by atoms with Crippen molar-refractivity contribution in [3.8, 4) is 0 Å². The van der Waals surface area contributed by atoms with Crippen molar-refractivity contribution in [3.05, 3.63) is 68.0 Å². The van der Waals surface area contributed by atoms with Crippen molar-refractivity contribution >= 4 is 61.1 Å². The van der Waals surface area contributed by atoms with Crippen LogP contribution in [-0.4, -0.2) is 12.1 Å². The molecule has 3 rings (SSSR count). The number of nitrogens with zero attached hydrogens (tertiary/aromatic N) is 1. The minimum atomic E-state index is -0.304. The van der Waals surface area contributed by atoms with E-state index in [1.54, 1.807) is 6.21 Å². The summed E-state index contributed by atoms with van der Waals surface area (Å²) in [6.45, 7) is 2.01. The predicted octanol–water partition coefficient (Wildman–Crippen LogP) is 5.39. The summed E-state index contributed by atoms with van der Waals surface area (Å²) in [6.07, 6.45) is 1.59. The summed E-state index contributed by atoms with van der Waals surface area (Å²) in [6, 6.07) is 13.6. The molecule has 0 unspecified atom stereocenters. The fraction of sp³-hybridized carbons (Fsp3) is 0.0588. The number of fused-ring (bicyclic) bond motifs is 1. The lowest BCUT2D eigenvalue weighted by Crippen LogP contribution is -2.16. The third kappa shape index (κ3) is 3.63. The van der Waals surface area contributed by atoms with Gasteiger partial charge in [0.2, 0.25) is 0 Å². The normalized spacial score (nSPS) is 11.3. The van der Waals surface area contributed by atoms with Gasteiger partial charge in [-0.05, 0) is 36.2 Å². The van der Waals surface area contributed by atoms with Crippen molar-refractivity contribution < 1.29 is 4.79 Å². The second kappa shape index (κ2) is 6.83. The smallest absolute Gasteiger partial charge is 0.266 e. The standard InChI is InChI=1S/C17H12BrClN2OS/c1-10-2-7-13-14(8-10)23-16(15(13)19)17(22)21-20-9-11-3-5-12(18)6-4-11/h2-9H,1H3,(H,21,22)/b20-9-. The number of hydrazone groups is 1. The number of amides is 1. The molecule has 1 heterocycles. The van der Waals surface area contributed by atoms with Crippen LogP contribution in [0.15, 0.2) is 52.0 Å². The highest BCUT2D eigenvalue weighted by atomic mass is 79.9. The van der Waals surface area contributed by atoms with Crippen molar-refractivity contribution in [3.63, 3.8) is 0 Å². The molecule has 116 valence electrons.